The van der Waals surface area contributed by atoms with Gasteiger partial charge < -0.3 is 5.73 Å². The van der Waals surface area contributed by atoms with Crippen LogP contribution in [0.1, 0.15) is 30.7 Å². The van der Waals surface area contributed by atoms with Crippen molar-refractivity contribution in [3.05, 3.63) is 52.1 Å². The van der Waals surface area contributed by atoms with E-state index in [2.05, 4.69) is 11.1 Å². The molecule has 2 N–H and O–H groups in total. The standard InChI is InChI=1S/C15H15N3O2/c16-14-8-7-13(18(19)20)15(17-14)12-6-2-5-11(9-12)10-3-1-4-10/h2,5-10H,1,3-4H2,(H2,16,17). The smallest absolute Gasteiger partial charge is 0.295 e. The lowest BCUT2D eigenvalue weighted by Gasteiger charge is -2.26. The number of nitrogens with two attached hydrogens (primary N) is 1. The molecular weight excluding hydrogens is 254 g/mol. The van der Waals surface area contributed by atoms with Crippen LogP contribution in [0, 0.1) is 10.1 Å². The quantitative estimate of drug-likeness (QED) is 0.682. The van der Waals surface area contributed by atoms with Crippen molar-refractivity contribution in [3.8, 4) is 11.3 Å². The second kappa shape index (κ2) is 4.92. The lowest BCUT2D eigenvalue weighted by atomic mass is 9.79. The van der Waals surface area contributed by atoms with Crippen molar-refractivity contribution >= 4 is 11.5 Å². The molecule has 0 aliphatic heterocycles. The van der Waals surface area contributed by atoms with Crippen LogP contribution < -0.4 is 5.73 Å². The molecule has 0 saturated heterocycles. The van der Waals surface area contributed by atoms with E-state index >= 15 is 0 Å². The van der Waals surface area contributed by atoms with Gasteiger partial charge in [0.05, 0.1) is 4.92 Å². The largest absolute Gasteiger partial charge is 0.384 e. The summed E-state index contributed by atoms with van der Waals surface area (Å²) in [7, 11) is 0. The van der Waals surface area contributed by atoms with Gasteiger partial charge in [0, 0.05) is 11.6 Å². The molecule has 1 aliphatic carbocycles. The summed E-state index contributed by atoms with van der Waals surface area (Å²) < 4.78 is 0. The van der Waals surface area contributed by atoms with E-state index in [4.69, 9.17) is 5.73 Å². The molecule has 0 atom stereocenters. The monoisotopic (exact) mass is 269 g/mol. The highest BCUT2D eigenvalue weighted by molar-refractivity contribution is 5.71. The van der Waals surface area contributed by atoms with Gasteiger partial charge in [-0.15, -0.1) is 0 Å². The average molecular weight is 269 g/mol. The Kier molecular flexibility index (Phi) is 3.10. The topological polar surface area (TPSA) is 82.0 Å². The Bertz CT molecular complexity index is 666. The van der Waals surface area contributed by atoms with Gasteiger partial charge in [-0.25, -0.2) is 4.98 Å². The Balaban J connectivity index is 2.08. The highest BCUT2D eigenvalue weighted by Gasteiger charge is 2.22. The van der Waals surface area contributed by atoms with E-state index in [1.165, 1.54) is 37.0 Å². The number of aromatic nitrogens is 1. The predicted molar refractivity (Wildman–Crippen MR) is 77.3 cm³/mol. The number of hydrogen-bond donors (Lipinski definition) is 1. The molecule has 1 fully saturated rings. The first-order valence-electron chi connectivity index (χ1n) is 6.66. The average Bonchev–Trinajstić information content (AvgIpc) is 2.36. The van der Waals surface area contributed by atoms with Crippen LogP contribution in [0.2, 0.25) is 0 Å². The molecule has 1 saturated carbocycles. The number of nitro groups is 1. The summed E-state index contributed by atoms with van der Waals surface area (Å²) in [5, 5.41) is 11.1. The van der Waals surface area contributed by atoms with Crippen LogP contribution in [0.15, 0.2) is 36.4 Å². The fourth-order valence-corrected chi connectivity index (χ4v) is 2.51. The van der Waals surface area contributed by atoms with E-state index < -0.39 is 4.92 Å². The van der Waals surface area contributed by atoms with Gasteiger partial charge in [-0.2, -0.15) is 0 Å². The fraction of sp³-hybridized carbons (Fsp3) is 0.267. The number of pyridine rings is 1. The Labute approximate surface area is 116 Å². The van der Waals surface area contributed by atoms with Gasteiger partial charge >= 0.3 is 0 Å². The zero-order chi connectivity index (χ0) is 14.1. The maximum absolute atomic E-state index is 11.1. The molecule has 0 amide bonds. The van der Waals surface area contributed by atoms with Crippen LogP contribution in [-0.2, 0) is 0 Å². The molecule has 0 unspecified atom stereocenters. The van der Waals surface area contributed by atoms with E-state index in [0.717, 1.165) is 5.56 Å². The van der Waals surface area contributed by atoms with Crippen molar-refractivity contribution in [2.24, 2.45) is 0 Å². The van der Waals surface area contributed by atoms with Gasteiger partial charge in [-0.3, -0.25) is 10.1 Å². The van der Waals surface area contributed by atoms with Crippen molar-refractivity contribution in [3.63, 3.8) is 0 Å². The second-order valence-corrected chi connectivity index (χ2v) is 5.11. The van der Waals surface area contributed by atoms with Crippen molar-refractivity contribution in [2.75, 3.05) is 5.73 Å². The molecule has 20 heavy (non-hydrogen) atoms. The number of rotatable bonds is 3. The third-order valence-electron chi connectivity index (χ3n) is 3.83. The zero-order valence-electron chi connectivity index (χ0n) is 11.0. The van der Waals surface area contributed by atoms with E-state index in [0.29, 0.717) is 17.4 Å². The molecule has 1 aromatic heterocycles. The summed E-state index contributed by atoms with van der Waals surface area (Å²) in [6.07, 6.45) is 3.64. The first-order chi connectivity index (χ1) is 9.65. The molecule has 1 heterocycles. The Morgan fingerprint density at radius 2 is 2.05 bits per heavy atom. The number of hydrogen-bond acceptors (Lipinski definition) is 4. The van der Waals surface area contributed by atoms with Crippen LogP contribution >= 0.6 is 0 Å². The summed E-state index contributed by atoms with van der Waals surface area (Å²) in [4.78, 5) is 14.8. The van der Waals surface area contributed by atoms with Gasteiger partial charge in [0.25, 0.3) is 5.69 Å². The van der Waals surface area contributed by atoms with Gasteiger partial charge in [0.15, 0.2) is 5.69 Å². The number of nitrogen functional groups attached to an aromatic ring is 1. The number of nitrogens with zero attached hydrogens (tertiary/aromatic N) is 2. The molecule has 2 aromatic rings. The first kappa shape index (κ1) is 12.6. The van der Waals surface area contributed by atoms with Crippen LogP contribution in [0.4, 0.5) is 11.5 Å². The summed E-state index contributed by atoms with van der Waals surface area (Å²) >= 11 is 0. The second-order valence-electron chi connectivity index (χ2n) is 5.11. The van der Waals surface area contributed by atoms with E-state index in [1.54, 1.807) is 0 Å². The highest BCUT2D eigenvalue weighted by atomic mass is 16.6. The minimum Gasteiger partial charge on any atom is -0.384 e. The molecule has 1 aliphatic rings. The molecular formula is C15H15N3O2. The summed E-state index contributed by atoms with van der Waals surface area (Å²) in [5.41, 5.74) is 7.99. The van der Waals surface area contributed by atoms with Gasteiger partial charge in [-0.05, 0) is 36.5 Å². The Hall–Kier alpha value is -2.43. The normalized spacial score (nSPS) is 14.8. The van der Waals surface area contributed by atoms with E-state index in [9.17, 15) is 10.1 Å². The van der Waals surface area contributed by atoms with Crippen LogP contribution in [0.25, 0.3) is 11.3 Å². The molecule has 1 aromatic carbocycles. The van der Waals surface area contributed by atoms with E-state index in [1.807, 2.05) is 18.2 Å². The fourth-order valence-electron chi connectivity index (χ4n) is 2.51. The molecule has 102 valence electrons. The SMILES string of the molecule is Nc1ccc([N+](=O)[O-])c(-c2cccc(C3CCC3)c2)n1. The van der Waals surface area contributed by atoms with Crippen molar-refractivity contribution in [2.45, 2.75) is 25.2 Å². The Morgan fingerprint density at radius 3 is 2.70 bits per heavy atom. The highest BCUT2D eigenvalue weighted by Crippen LogP contribution is 2.38. The molecule has 0 spiro atoms. The molecule has 0 radical (unpaired) electrons. The first-order valence-corrected chi connectivity index (χ1v) is 6.66. The lowest BCUT2D eigenvalue weighted by Crippen LogP contribution is -2.08. The molecule has 0 bridgehead atoms. The number of anilines is 1. The van der Waals surface area contributed by atoms with Gasteiger partial charge in [0.2, 0.25) is 0 Å². The lowest BCUT2D eigenvalue weighted by molar-refractivity contribution is -0.384. The minimum atomic E-state index is -0.419. The Morgan fingerprint density at radius 1 is 1.25 bits per heavy atom. The number of benzene rings is 1. The zero-order valence-corrected chi connectivity index (χ0v) is 11.0. The van der Waals surface area contributed by atoms with Gasteiger partial charge in [-0.1, -0.05) is 24.6 Å². The van der Waals surface area contributed by atoms with Crippen molar-refractivity contribution < 1.29 is 4.92 Å². The minimum absolute atomic E-state index is 0.00930. The van der Waals surface area contributed by atoms with Crippen LogP contribution in [0.5, 0.6) is 0 Å². The molecule has 5 nitrogen and oxygen atoms in total. The van der Waals surface area contributed by atoms with Crippen molar-refractivity contribution in [1.29, 1.82) is 0 Å². The summed E-state index contributed by atoms with van der Waals surface area (Å²) in [5.74, 6) is 0.870. The van der Waals surface area contributed by atoms with Crippen molar-refractivity contribution in [1.82, 2.24) is 4.98 Å². The molecule has 3 rings (SSSR count). The third-order valence-corrected chi connectivity index (χ3v) is 3.83. The van der Waals surface area contributed by atoms with Crippen LogP contribution in [-0.4, -0.2) is 9.91 Å². The summed E-state index contributed by atoms with van der Waals surface area (Å²) in [6, 6.07) is 10.7. The predicted octanol–water partition coefficient (Wildman–Crippen LogP) is 3.51. The van der Waals surface area contributed by atoms with Crippen LogP contribution in [0.3, 0.4) is 0 Å². The summed E-state index contributed by atoms with van der Waals surface area (Å²) in [6.45, 7) is 0. The maximum Gasteiger partial charge on any atom is 0.295 e. The van der Waals surface area contributed by atoms with Gasteiger partial charge in [0.1, 0.15) is 5.82 Å². The molecule has 5 heteroatoms. The maximum atomic E-state index is 11.1. The third kappa shape index (κ3) is 2.22. The van der Waals surface area contributed by atoms with E-state index in [-0.39, 0.29) is 5.69 Å².